The highest BCUT2D eigenvalue weighted by Crippen LogP contribution is 2.33. The first-order valence-corrected chi connectivity index (χ1v) is 10.0. The molecule has 0 bridgehead atoms. The zero-order valence-electron chi connectivity index (χ0n) is 17.5. The molecule has 3 rings (SSSR count). The average Bonchev–Trinajstić information content (AvgIpc) is 3.18. The quantitative estimate of drug-likeness (QED) is 0.510. The molecule has 0 aliphatic heterocycles. The minimum atomic E-state index is -4.80. The third kappa shape index (κ3) is 7.03. The van der Waals surface area contributed by atoms with Crippen LogP contribution in [0.5, 0.6) is 0 Å². The van der Waals surface area contributed by atoms with Gasteiger partial charge in [-0.25, -0.2) is 9.37 Å². The Balaban J connectivity index is 1.40. The van der Waals surface area contributed by atoms with Crippen LogP contribution < -0.4 is 5.32 Å². The van der Waals surface area contributed by atoms with Crippen LogP contribution in [-0.2, 0) is 20.4 Å². The smallest absolute Gasteiger partial charge is 0.368 e. The Morgan fingerprint density at radius 1 is 1.18 bits per heavy atom. The molecule has 13 heteroatoms. The average molecular weight is 495 g/mol. The van der Waals surface area contributed by atoms with Crippen molar-refractivity contribution in [3.05, 3.63) is 48.7 Å². The number of hydrogen-bond donors (Lipinski definition) is 1. The number of halogens is 7. The van der Waals surface area contributed by atoms with E-state index in [2.05, 4.69) is 21.6 Å². The minimum Gasteiger partial charge on any atom is -0.368 e. The zero-order chi connectivity index (χ0) is 25.1. The molecule has 1 aromatic heterocycles. The Morgan fingerprint density at radius 3 is 2.50 bits per heavy atom. The Morgan fingerprint density at radius 2 is 1.88 bits per heavy atom. The van der Waals surface area contributed by atoms with E-state index >= 15 is 0 Å². The normalized spacial score (nSPS) is 18.4. The predicted octanol–water partition coefficient (Wildman–Crippen LogP) is 4.77. The van der Waals surface area contributed by atoms with Gasteiger partial charge < -0.3 is 14.6 Å². The summed E-state index contributed by atoms with van der Waals surface area (Å²) in [7, 11) is 0. The van der Waals surface area contributed by atoms with Gasteiger partial charge in [-0.05, 0) is 12.1 Å². The summed E-state index contributed by atoms with van der Waals surface area (Å²) in [6.45, 7) is 3.70. The van der Waals surface area contributed by atoms with Crippen molar-refractivity contribution in [3.8, 4) is 11.3 Å². The molecule has 1 heterocycles. The van der Waals surface area contributed by atoms with Crippen LogP contribution in [0.2, 0.25) is 0 Å². The molecular formula is C21H20F7N3O3. The second-order valence-electron chi connectivity index (χ2n) is 7.61. The molecule has 2 aromatic rings. The van der Waals surface area contributed by atoms with Crippen LogP contribution in [0, 0.1) is 5.82 Å². The first-order valence-electron chi connectivity index (χ1n) is 10.0. The van der Waals surface area contributed by atoms with Crippen LogP contribution in [-0.4, -0.2) is 47.2 Å². The van der Waals surface area contributed by atoms with Gasteiger partial charge in [-0.1, -0.05) is 12.6 Å². The van der Waals surface area contributed by atoms with Crippen molar-refractivity contribution in [3.63, 3.8) is 0 Å². The topological polar surface area (TPSA) is 65.4 Å². The molecule has 1 aliphatic rings. The molecule has 0 unspecified atom stereocenters. The molecular weight excluding hydrogens is 475 g/mol. The van der Waals surface area contributed by atoms with Crippen molar-refractivity contribution < 1.29 is 45.0 Å². The van der Waals surface area contributed by atoms with E-state index < -0.39 is 42.0 Å². The van der Waals surface area contributed by atoms with Gasteiger partial charge in [0.15, 0.2) is 0 Å². The number of ether oxygens (including phenoxy) is 2. The van der Waals surface area contributed by atoms with Gasteiger partial charge in [0.05, 0.1) is 29.8 Å². The van der Waals surface area contributed by atoms with Gasteiger partial charge in [-0.15, -0.1) is 13.2 Å². The summed E-state index contributed by atoms with van der Waals surface area (Å²) in [5.74, 6) is -1.87. The van der Waals surface area contributed by atoms with E-state index in [1.54, 1.807) is 0 Å². The molecule has 6 nitrogen and oxygen atoms in total. The number of aromatic nitrogens is 2. The number of carbonyl (C=O) groups is 1. The van der Waals surface area contributed by atoms with Crippen LogP contribution >= 0.6 is 0 Å². The molecule has 0 atom stereocenters. The largest absolute Gasteiger partial charge is 0.522 e. The lowest BCUT2D eigenvalue weighted by Crippen LogP contribution is -2.42. The molecule has 0 radical (unpaired) electrons. The van der Waals surface area contributed by atoms with Gasteiger partial charge in [0.25, 0.3) is 0 Å². The number of hydrogen-bond acceptors (Lipinski definition) is 4. The van der Waals surface area contributed by atoms with Crippen LogP contribution in [0.15, 0.2) is 37.3 Å². The maximum absolute atomic E-state index is 13.8. The zero-order valence-corrected chi connectivity index (χ0v) is 17.5. The number of alkyl halides is 6. The van der Waals surface area contributed by atoms with Gasteiger partial charge in [0, 0.05) is 43.3 Å². The first kappa shape index (κ1) is 25.7. The van der Waals surface area contributed by atoms with Crippen molar-refractivity contribution in [2.24, 2.45) is 0 Å². The fourth-order valence-corrected chi connectivity index (χ4v) is 3.21. The Kier molecular flexibility index (Phi) is 7.66. The molecule has 1 N–H and O–H groups in total. The molecule has 1 aliphatic carbocycles. The number of amides is 1. The number of nitrogens with one attached hydrogen (secondary N) is 1. The number of benzene rings is 1. The standard InChI is InChI=1S/C21H20F7N3O3/c1-12(4-5-29-19(32)10-33-14-7-15(8-14)34-21(26,27)28)31-9-18(30-11-31)13-2-3-16(17(22)6-13)20(23,24)25/h2-3,6,9,11,14-15H,1,4-5,7-8,10H2,(H,29,32). The van der Waals surface area contributed by atoms with E-state index in [0.717, 1.165) is 12.1 Å². The maximum Gasteiger partial charge on any atom is 0.522 e. The summed E-state index contributed by atoms with van der Waals surface area (Å²) in [5.41, 5.74) is -0.481. The number of rotatable bonds is 9. The van der Waals surface area contributed by atoms with Crippen molar-refractivity contribution in [2.75, 3.05) is 13.2 Å². The summed E-state index contributed by atoms with van der Waals surface area (Å²) in [6.07, 6.45) is -7.73. The van der Waals surface area contributed by atoms with Gasteiger partial charge in [0.2, 0.25) is 5.91 Å². The number of imidazole rings is 1. The fraction of sp³-hybridized carbons (Fsp3) is 0.429. The minimum absolute atomic E-state index is 0.0510. The second kappa shape index (κ2) is 10.1. The lowest BCUT2D eigenvalue weighted by Gasteiger charge is -2.34. The molecule has 1 amide bonds. The first-order chi connectivity index (χ1) is 15.8. The Labute approximate surface area is 189 Å². The SMILES string of the molecule is C=C(CCNC(=O)COC1CC(OC(F)(F)F)C1)n1cnc(-c2ccc(C(F)(F)F)c(F)c2)c1. The molecule has 1 aromatic carbocycles. The van der Waals surface area contributed by atoms with Crippen LogP contribution in [0.25, 0.3) is 17.0 Å². The Bertz CT molecular complexity index is 1030. The number of carbonyl (C=O) groups excluding carboxylic acids is 1. The van der Waals surface area contributed by atoms with Crippen LogP contribution in [0.4, 0.5) is 30.7 Å². The fourth-order valence-electron chi connectivity index (χ4n) is 3.21. The van der Waals surface area contributed by atoms with E-state index in [4.69, 9.17) is 4.74 Å². The van der Waals surface area contributed by atoms with Crippen molar-refractivity contribution in [1.82, 2.24) is 14.9 Å². The van der Waals surface area contributed by atoms with Gasteiger partial charge in [0.1, 0.15) is 12.4 Å². The summed E-state index contributed by atoms with van der Waals surface area (Å²) < 4.78 is 98.6. The van der Waals surface area contributed by atoms with E-state index in [0.29, 0.717) is 11.8 Å². The highest BCUT2D eigenvalue weighted by Gasteiger charge is 2.40. The Hall–Kier alpha value is -2.93. The predicted molar refractivity (Wildman–Crippen MR) is 105 cm³/mol. The van der Waals surface area contributed by atoms with Crippen LogP contribution in [0.1, 0.15) is 24.8 Å². The highest BCUT2D eigenvalue weighted by atomic mass is 19.4. The molecule has 34 heavy (non-hydrogen) atoms. The van der Waals surface area contributed by atoms with Crippen molar-refractivity contribution in [2.45, 2.75) is 44.0 Å². The van der Waals surface area contributed by atoms with Gasteiger partial charge >= 0.3 is 12.5 Å². The maximum atomic E-state index is 13.8. The van der Waals surface area contributed by atoms with Crippen molar-refractivity contribution in [1.29, 1.82) is 0 Å². The molecule has 1 saturated carbocycles. The van der Waals surface area contributed by atoms with E-state index in [1.807, 2.05) is 0 Å². The van der Waals surface area contributed by atoms with E-state index in [1.165, 1.54) is 17.1 Å². The molecule has 186 valence electrons. The molecule has 1 fully saturated rings. The summed E-state index contributed by atoms with van der Waals surface area (Å²) in [5, 5.41) is 2.58. The van der Waals surface area contributed by atoms with E-state index in [-0.39, 0.29) is 43.7 Å². The van der Waals surface area contributed by atoms with Crippen molar-refractivity contribution >= 4 is 11.6 Å². The monoisotopic (exact) mass is 495 g/mol. The van der Waals surface area contributed by atoms with Gasteiger partial charge in [-0.2, -0.15) is 13.2 Å². The molecule has 0 spiro atoms. The molecule has 0 saturated heterocycles. The second-order valence-corrected chi connectivity index (χ2v) is 7.61. The highest BCUT2D eigenvalue weighted by molar-refractivity contribution is 5.77. The summed E-state index contributed by atoms with van der Waals surface area (Å²) in [6, 6.07) is 2.50. The van der Waals surface area contributed by atoms with Crippen LogP contribution in [0.3, 0.4) is 0 Å². The van der Waals surface area contributed by atoms with E-state index in [9.17, 15) is 35.5 Å². The summed E-state index contributed by atoms with van der Waals surface area (Å²) >= 11 is 0. The summed E-state index contributed by atoms with van der Waals surface area (Å²) in [4.78, 5) is 15.9. The number of nitrogens with zero attached hydrogens (tertiary/aromatic N) is 2. The third-order valence-electron chi connectivity index (χ3n) is 5.06. The lowest BCUT2D eigenvalue weighted by molar-refractivity contribution is -0.357. The third-order valence-corrected chi connectivity index (χ3v) is 5.06. The van der Waals surface area contributed by atoms with Gasteiger partial charge in [-0.3, -0.25) is 9.53 Å². The lowest BCUT2D eigenvalue weighted by atomic mass is 9.92.